The lowest BCUT2D eigenvalue weighted by Gasteiger charge is -2.28. The van der Waals surface area contributed by atoms with Gasteiger partial charge >= 0.3 is 5.97 Å². The molecule has 0 rings (SSSR count). The molecule has 0 radical (unpaired) electrons. The van der Waals surface area contributed by atoms with Crippen LogP contribution in [0.1, 0.15) is 162 Å². The Morgan fingerprint density at radius 2 is 1.12 bits per heavy atom. The van der Waals surface area contributed by atoms with Crippen molar-refractivity contribution in [1.82, 2.24) is 0 Å². The summed E-state index contributed by atoms with van der Waals surface area (Å²) in [5, 5.41) is 0. The van der Waals surface area contributed by atoms with Crippen LogP contribution in [0.2, 0.25) is 0 Å². The van der Waals surface area contributed by atoms with Gasteiger partial charge in [0.05, 0.1) is 34.4 Å². The fourth-order valence-corrected chi connectivity index (χ4v) is 5.93. The lowest BCUT2D eigenvalue weighted by atomic mass is 10.1. The van der Waals surface area contributed by atoms with E-state index in [9.17, 15) is 14.3 Å². The third-order valence-electron chi connectivity index (χ3n) is 8.41. The number of ether oxygens (including phenoxy) is 2. The number of quaternary nitrogens is 1. The maximum atomic E-state index is 12.6. The van der Waals surface area contributed by atoms with Crippen molar-refractivity contribution in [3.05, 3.63) is 36.5 Å². The number of hydrogen-bond acceptors (Lipinski definition) is 7. The summed E-state index contributed by atoms with van der Waals surface area (Å²) in [5.74, 6) is -0.351. The van der Waals surface area contributed by atoms with E-state index in [4.69, 9.17) is 18.5 Å². The second-order valence-corrected chi connectivity index (χ2v) is 16.0. The average Bonchev–Trinajstić information content (AvgIpc) is 3.06. The van der Waals surface area contributed by atoms with Gasteiger partial charge < -0.3 is 27.9 Å². The molecule has 0 aromatic heterocycles. The molecule has 8 nitrogen and oxygen atoms in total. The van der Waals surface area contributed by atoms with Crippen LogP contribution in [0.3, 0.4) is 0 Å². The molecule has 2 atom stereocenters. The van der Waals surface area contributed by atoms with Crippen molar-refractivity contribution in [1.29, 1.82) is 0 Å². The molecule has 0 saturated carbocycles. The van der Waals surface area contributed by atoms with Crippen molar-refractivity contribution < 1.29 is 37.3 Å². The monoisotopic (exact) mass is 728 g/mol. The van der Waals surface area contributed by atoms with Crippen LogP contribution in [-0.4, -0.2) is 70.7 Å². The van der Waals surface area contributed by atoms with Gasteiger partial charge in [-0.3, -0.25) is 9.36 Å². The summed E-state index contributed by atoms with van der Waals surface area (Å²) in [6.45, 7) is 5.32. The van der Waals surface area contributed by atoms with Gasteiger partial charge in [0.2, 0.25) is 0 Å². The van der Waals surface area contributed by atoms with E-state index in [-0.39, 0.29) is 25.8 Å². The normalized spacial score (nSPS) is 14.3. The number of hydrogen-bond donors (Lipinski definition) is 0. The summed E-state index contributed by atoms with van der Waals surface area (Å²) < 4.78 is 34.4. The van der Waals surface area contributed by atoms with E-state index >= 15 is 0 Å². The molecular weight excluding hydrogens is 649 g/mol. The molecule has 0 fully saturated rings. The van der Waals surface area contributed by atoms with Gasteiger partial charge in [0.15, 0.2) is 0 Å². The fourth-order valence-electron chi connectivity index (χ4n) is 5.20. The van der Waals surface area contributed by atoms with E-state index < -0.39 is 13.9 Å². The molecule has 0 aliphatic heterocycles. The van der Waals surface area contributed by atoms with Crippen LogP contribution < -0.4 is 4.89 Å². The molecule has 0 spiro atoms. The van der Waals surface area contributed by atoms with Crippen molar-refractivity contribution >= 4 is 13.8 Å². The first-order chi connectivity index (χ1) is 24.1. The number of likely N-dealkylation sites (N-methyl/N-ethyl adjacent to an activating group) is 1. The van der Waals surface area contributed by atoms with Gasteiger partial charge in [-0.15, -0.1) is 0 Å². The summed E-state index contributed by atoms with van der Waals surface area (Å²) in [4.78, 5) is 25.0. The standard InChI is InChI=1S/C41H78NO7P/c1-6-8-10-12-14-16-18-20-21-22-23-24-26-28-30-32-34-41(43)49-40(39-48-50(44,45)47-37-35-42(3,4)5)38-46-36-33-31-29-27-25-19-17-15-13-11-9-7-2/h13,15-16,18,21-22,40H,6-12,14,17,19-20,23-39H2,1-5H3/b15-13-,18-16-,22-21-. The Kier molecular flexibility index (Phi) is 33.9. The zero-order chi connectivity index (χ0) is 37.0. The van der Waals surface area contributed by atoms with Gasteiger partial charge in [0.25, 0.3) is 7.82 Å². The molecule has 0 N–H and O–H groups in total. The highest BCUT2D eigenvalue weighted by Gasteiger charge is 2.20. The molecule has 0 bridgehead atoms. The summed E-state index contributed by atoms with van der Waals surface area (Å²) >= 11 is 0. The number of rotatable bonds is 37. The third kappa shape index (κ3) is 38.0. The number of carbonyl (C=O) groups is 1. The first kappa shape index (κ1) is 48.7. The molecule has 294 valence electrons. The first-order valence-corrected chi connectivity index (χ1v) is 21.7. The van der Waals surface area contributed by atoms with Gasteiger partial charge in [0, 0.05) is 13.0 Å². The number of allylic oxidation sites excluding steroid dienone is 6. The second kappa shape index (κ2) is 34.8. The predicted octanol–water partition coefficient (Wildman–Crippen LogP) is 10.8. The quantitative estimate of drug-likeness (QED) is 0.0207. The Morgan fingerprint density at radius 1 is 0.620 bits per heavy atom. The number of unbranched alkanes of at least 4 members (excludes halogenated alkanes) is 17. The Labute approximate surface area is 308 Å². The number of nitrogens with zero attached hydrogens (tertiary/aromatic N) is 1. The predicted molar refractivity (Wildman–Crippen MR) is 208 cm³/mol. The third-order valence-corrected chi connectivity index (χ3v) is 9.38. The van der Waals surface area contributed by atoms with Crippen LogP contribution in [0.25, 0.3) is 0 Å². The van der Waals surface area contributed by atoms with E-state index in [1.165, 1.54) is 83.5 Å². The highest BCUT2D eigenvalue weighted by atomic mass is 31.2. The van der Waals surface area contributed by atoms with Gasteiger partial charge in [-0.05, 0) is 64.2 Å². The topological polar surface area (TPSA) is 94.1 Å². The number of phosphoric ester groups is 1. The highest BCUT2D eigenvalue weighted by molar-refractivity contribution is 7.45. The molecule has 0 heterocycles. The summed E-state index contributed by atoms with van der Waals surface area (Å²) in [7, 11) is 1.34. The lowest BCUT2D eigenvalue weighted by molar-refractivity contribution is -0.870. The van der Waals surface area contributed by atoms with Crippen molar-refractivity contribution in [2.45, 2.75) is 168 Å². The van der Waals surface area contributed by atoms with E-state index in [1.54, 1.807) is 0 Å². The molecule has 0 saturated heterocycles. The lowest BCUT2D eigenvalue weighted by Crippen LogP contribution is -2.37. The Morgan fingerprint density at radius 3 is 1.70 bits per heavy atom. The molecule has 0 aliphatic rings. The van der Waals surface area contributed by atoms with Crippen LogP contribution in [0.15, 0.2) is 36.5 Å². The van der Waals surface area contributed by atoms with Crippen molar-refractivity contribution in [2.24, 2.45) is 0 Å². The van der Waals surface area contributed by atoms with Crippen molar-refractivity contribution in [3.8, 4) is 0 Å². The van der Waals surface area contributed by atoms with Crippen LogP contribution in [0, 0.1) is 0 Å². The molecule has 0 amide bonds. The highest BCUT2D eigenvalue weighted by Crippen LogP contribution is 2.38. The number of esters is 1. The average molecular weight is 728 g/mol. The Hall–Kier alpha value is -1.28. The van der Waals surface area contributed by atoms with Gasteiger partial charge in [-0.25, -0.2) is 0 Å². The zero-order valence-electron chi connectivity index (χ0n) is 33.1. The minimum atomic E-state index is -4.52. The van der Waals surface area contributed by atoms with Crippen LogP contribution in [0.4, 0.5) is 0 Å². The van der Waals surface area contributed by atoms with Crippen molar-refractivity contribution in [2.75, 3.05) is 54.1 Å². The van der Waals surface area contributed by atoms with E-state index in [0.29, 0.717) is 24.1 Å². The van der Waals surface area contributed by atoms with Gasteiger partial charge in [-0.2, -0.15) is 0 Å². The fraction of sp³-hybridized carbons (Fsp3) is 0.829. The largest absolute Gasteiger partial charge is 0.756 e. The SMILES string of the molecule is CCCC/C=C\CCCCCCCCOCC(COP(=O)([O-])OCC[N+](C)(C)C)OC(=O)CCCCCCC/C=C\C/C=C\CCCCCC. The number of phosphoric acid groups is 1. The van der Waals surface area contributed by atoms with Crippen LogP contribution in [-0.2, 0) is 27.9 Å². The van der Waals surface area contributed by atoms with Gasteiger partial charge in [-0.1, -0.05) is 127 Å². The summed E-state index contributed by atoms with van der Waals surface area (Å²) in [5.41, 5.74) is 0. The molecule has 0 aliphatic carbocycles. The van der Waals surface area contributed by atoms with Crippen molar-refractivity contribution in [3.63, 3.8) is 0 Å². The Bertz CT molecular complexity index is 900. The van der Waals surface area contributed by atoms with E-state index in [1.807, 2.05) is 21.1 Å². The minimum absolute atomic E-state index is 0.0216. The first-order valence-electron chi connectivity index (χ1n) is 20.2. The van der Waals surface area contributed by atoms with E-state index in [0.717, 1.165) is 57.8 Å². The maximum Gasteiger partial charge on any atom is 0.306 e. The molecule has 2 unspecified atom stereocenters. The molecule has 50 heavy (non-hydrogen) atoms. The second-order valence-electron chi connectivity index (χ2n) is 14.6. The van der Waals surface area contributed by atoms with E-state index in [2.05, 4.69) is 50.3 Å². The zero-order valence-corrected chi connectivity index (χ0v) is 34.0. The van der Waals surface area contributed by atoms with Crippen LogP contribution >= 0.6 is 7.82 Å². The smallest absolute Gasteiger partial charge is 0.306 e. The summed E-state index contributed by atoms with van der Waals surface area (Å²) in [6.07, 6.45) is 38.6. The molecule has 0 aromatic carbocycles. The molecular formula is C41H78NO7P. The van der Waals surface area contributed by atoms with Gasteiger partial charge in [0.1, 0.15) is 19.3 Å². The minimum Gasteiger partial charge on any atom is -0.756 e. The molecule has 9 heteroatoms. The Balaban J connectivity index is 4.31. The molecule has 0 aromatic rings. The maximum absolute atomic E-state index is 12.6. The summed E-state index contributed by atoms with van der Waals surface area (Å²) in [6, 6.07) is 0. The van der Waals surface area contributed by atoms with Crippen LogP contribution in [0.5, 0.6) is 0 Å². The number of carbonyl (C=O) groups excluding carboxylic acids is 1.